The highest BCUT2D eigenvalue weighted by molar-refractivity contribution is 7.92. The summed E-state index contributed by atoms with van der Waals surface area (Å²) < 4.78 is 27.9. The van der Waals surface area contributed by atoms with E-state index in [0.29, 0.717) is 11.3 Å². The van der Waals surface area contributed by atoms with Crippen molar-refractivity contribution in [3.05, 3.63) is 89.5 Å². The Bertz CT molecular complexity index is 1120. The first-order valence-corrected chi connectivity index (χ1v) is 10.8. The zero-order valence-electron chi connectivity index (χ0n) is 16.6. The van der Waals surface area contributed by atoms with Gasteiger partial charge in [-0.1, -0.05) is 50.2 Å². The summed E-state index contributed by atoms with van der Waals surface area (Å²) in [5, 5.41) is 2.91. The van der Waals surface area contributed by atoms with Crippen molar-refractivity contribution in [1.82, 2.24) is 0 Å². The van der Waals surface area contributed by atoms with Crippen molar-refractivity contribution < 1.29 is 13.2 Å². The van der Waals surface area contributed by atoms with E-state index in [1.165, 1.54) is 24.3 Å². The summed E-state index contributed by atoms with van der Waals surface area (Å²) in [6, 6.07) is 20.7. The lowest BCUT2D eigenvalue weighted by Gasteiger charge is -2.14. The molecule has 3 aromatic rings. The van der Waals surface area contributed by atoms with Gasteiger partial charge in [0.05, 0.1) is 10.6 Å². The number of para-hydroxylation sites is 2. The third-order valence-corrected chi connectivity index (χ3v) is 6.03. The van der Waals surface area contributed by atoms with Crippen molar-refractivity contribution in [2.45, 2.75) is 31.6 Å². The van der Waals surface area contributed by atoms with Crippen LogP contribution in [0, 0.1) is 6.92 Å². The molecule has 150 valence electrons. The van der Waals surface area contributed by atoms with E-state index in [1.807, 2.05) is 43.3 Å². The summed E-state index contributed by atoms with van der Waals surface area (Å²) in [6.07, 6.45) is 0. The van der Waals surface area contributed by atoms with Gasteiger partial charge in [-0.05, 0) is 60.4 Å². The Kier molecular flexibility index (Phi) is 6.03. The second-order valence-corrected chi connectivity index (χ2v) is 8.82. The maximum atomic E-state index is 12.6. The molecule has 2 N–H and O–H groups in total. The monoisotopic (exact) mass is 408 g/mol. The smallest absolute Gasteiger partial charge is 0.261 e. The van der Waals surface area contributed by atoms with E-state index >= 15 is 0 Å². The van der Waals surface area contributed by atoms with Gasteiger partial charge in [-0.15, -0.1) is 0 Å². The van der Waals surface area contributed by atoms with Gasteiger partial charge in [-0.3, -0.25) is 9.52 Å². The third kappa shape index (κ3) is 4.84. The van der Waals surface area contributed by atoms with E-state index in [4.69, 9.17) is 0 Å². The highest BCUT2D eigenvalue weighted by Crippen LogP contribution is 2.24. The summed E-state index contributed by atoms with van der Waals surface area (Å²) in [5.41, 5.74) is 3.54. The number of carbonyl (C=O) groups excluding carboxylic acids is 1. The molecule has 0 spiro atoms. The van der Waals surface area contributed by atoms with Crippen LogP contribution in [0.4, 0.5) is 11.4 Å². The minimum absolute atomic E-state index is 0.0971. The van der Waals surface area contributed by atoms with Crippen molar-refractivity contribution in [2.75, 3.05) is 10.0 Å². The number of hydrogen-bond donors (Lipinski definition) is 2. The lowest BCUT2D eigenvalue weighted by Crippen LogP contribution is -2.16. The van der Waals surface area contributed by atoms with E-state index < -0.39 is 10.0 Å². The fourth-order valence-corrected chi connectivity index (χ4v) is 4.12. The maximum Gasteiger partial charge on any atom is 0.261 e. The molecule has 0 aliphatic carbocycles. The molecule has 0 aromatic heterocycles. The zero-order valence-corrected chi connectivity index (χ0v) is 17.5. The van der Waals surface area contributed by atoms with Crippen LogP contribution in [0.1, 0.15) is 41.3 Å². The Balaban J connectivity index is 1.78. The molecule has 3 aromatic carbocycles. The standard InChI is InChI=1S/C23H24N2O3S/c1-16(2)20-9-5-7-11-22(20)24-23(26)18-12-14-19(15-13-18)29(27,28)25-21-10-6-4-8-17(21)3/h4-16,25H,1-3H3,(H,24,26). The topological polar surface area (TPSA) is 75.3 Å². The number of nitrogens with one attached hydrogen (secondary N) is 2. The van der Waals surface area contributed by atoms with Crippen LogP contribution in [-0.2, 0) is 10.0 Å². The van der Waals surface area contributed by atoms with Gasteiger partial charge in [0.15, 0.2) is 0 Å². The van der Waals surface area contributed by atoms with Crippen LogP contribution in [0.3, 0.4) is 0 Å². The Morgan fingerprint density at radius 1 is 0.828 bits per heavy atom. The molecule has 0 unspecified atom stereocenters. The first-order chi connectivity index (χ1) is 13.8. The van der Waals surface area contributed by atoms with Crippen LogP contribution in [0.15, 0.2) is 77.7 Å². The van der Waals surface area contributed by atoms with Crippen LogP contribution in [0.5, 0.6) is 0 Å². The summed E-state index contributed by atoms with van der Waals surface area (Å²) in [7, 11) is -3.74. The van der Waals surface area contributed by atoms with Gasteiger partial charge in [0.25, 0.3) is 15.9 Å². The molecule has 1 amide bonds. The molecule has 29 heavy (non-hydrogen) atoms. The molecule has 0 aliphatic heterocycles. The van der Waals surface area contributed by atoms with E-state index in [9.17, 15) is 13.2 Å². The molecule has 0 bridgehead atoms. The number of benzene rings is 3. The summed E-state index contributed by atoms with van der Waals surface area (Å²) in [5.74, 6) is -0.0135. The Labute approximate surface area is 171 Å². The van der Waals surface area contributed by atoms with Gasteiger partial charge in [0, 0.05) is 11.3 Å². The van der Waals surface area contributed by atoms with E-state index in [-0.39, 0.29) is 16.7 Å². The number of anilines is 2. The maximum absolute atomic E-state index is 12.6. The second-order valence-electron chi connectivity index (χ2n) is 7.14. The van der Waals surface area contributed by atoms with Gasteiger partial charge in [0.1, 0.15) is 0 Å². The lowest BCUT2D eigenvalue weighted by molar-refractivity contribution is 0.102. The zero-order chi connectivity index (χ0) is 21.0. The molecule has 0 atom stereocenters. The molecule has 0 aliphatic rings. The first-order valence-electron chi connectivity index (χ1n) is 9.37. The molecule has 5 nitrogen and oxygen atoms in total. The summed E-state index contributed by atoms with van der Waals surface area (Å²) in [4.78, 5) is 12.7. The van der Waals surface area contributed by atoms with E-state index in [1.54, 1.807) is 12.1 Å². The Morgan fingerprint density at radius 2 is 1.41 bits per heavy atom. The van der Waals surface area contributed by atoms with Gasteiger partial charge >= 0.3 is 0 Å². The molecule has 3 rings (SSSR count). The average Bonchev–Trinajstić information content (AvgIpc) is 2.70. The van der Waals surface area contributed by atoms with Crippen LogP contribution in [0.2, 0.25) is 0 Å². The van der Waals surface area contributed by atoms with Crippen molar-refractivity contribution in [2.24, 2.45) is 0 Å². The highest BCUT2D eigenvalue weighted by atomic mass is 32.2. The molecule has 0 heterocycles. The molecule has 0 saturated heterocycles. The van der Waals surface area contributed by atoms with Crippen molar-refractivity contribution in [1.29, 1.82) is 0 Å². The second kappa shape index (κ2) is 8.49. The Morgan fingerprint density at radius 3 is 2.03 bits per heavy atom. The number of sulfonamides is 1. The number of carbonyl (C=O) groups is 1. The minimum atomic E-state index is -3.74. The van der Waals surface area contributed by atoms with E-state index in [2.05, 4.69) is 23.9 Å². The molecule has 0 saturated carbocycles. The number of rotatable bonds is 6. The molecule has 0 radical (unpaired) electrons. The van der Waals surface area contributed by atoms with Gasteiger partial charge in [-0.25, -0.2) is 8.42 Å². The fourth-order valence-electron chi connectivity index (χ4n) is 2.99. The molecular formula is C23H24N2O3S. The SMILES string of the molecule is Cc1ccccc1NS(=O)(=O)c1ccc(C(=O)Nc2ccccc2C(C)C)cc1. The number of amides is 1. The van der Waals surface area contributed by atoms with Crippen LogP contribution in [0.25, 0.3) is 0 Å². The fraction of sp³-hybridized carbons (Fsp3) is 0.174. The first kappa shape index (κ1) is 20.6. The van der Waals surface area contributed by atoms with Gasteiger partial charge in [0.2, 0.25) is 0 Å². The van der Waals surface area contributed by atoms with Gasteiger partial charge < -0.3 is 5.32 Å². The average molecular weight is 409 g/mol. The van der Waals surface area contributed by atoms with E-state index in [0.717, 1.165) is 16.8 Å². The van der Waals surface area contributed by atoms with Crippen LogP contribution in [-0.4, -0.2) is 14.3 Å². The Hall–Kier alpha value is -3.12. The van der Waals surface area contributed by atoms with Crippen LogP contribution >= 0.6 is 0 Å². The summed E-state index contributed by atoms with van der Waals surface area (Å²) in [6.45, 7) is 5.96. The number of hydrogen-bond acceptors (Lipinski definition) is 3. The molecule has 0 fully saturated rings. The van der Waals surface area contributed by atoms with Crippen molar-refractivity contribution in [3.63, 3.8) is 0 Å². The normalized spacial score (nSPS) is 11.3. The largest absolute Gasteiger partial charge is 0.322 e. The molecule has 6 heteroatoms. The van der Waals surface area contributed by atoms with Gasteiger partial charge in [-0.2, -0.15) is 0 Å². The summed E-state index contributed by atoms with van der Waals surface area (Å²) >= 11 is 0. The predicted octanol–water partition coefficient (Wildman–Crippen LogP) is 5.17. The highest BCUT2D eigenvalue weighted by Gasteiger charge is 2.17. The van der Waals surface area contributed by atoms with Crippen LogP contribution < -0.4 is 10.0 Å². The van der Waals surface area contributed by atoms with Crippen molar-refractivity contribution >= 4 is 27.3 Å². The predicted molar refractivity (Wildman–Crippen MR) is 117 cm³/mol. The molecular weight excluding hydrogens is 384 g/mol. The van der Waals surface area contributed by atoms with Crippen molar-refractivity contribution in [3.8, 4) is 0 Å². The third-order valence-electron chi connectivity index (χ3n) is 4.65. The number of aryl methyl sites for hydroxylation is 1. The lowest BCUT2D eigenvalue weighted by atomic mass is 10.0. The minimum Gasteiger partial charge on any atom is -0.322 e. The quantitative estimate of drug-likeness (QED) is 0.591.